The Morgan fingerprint density at radius 3 is 2.55 bits per heavy atom. The maximum absolute atomic E-state index is 12.5. The van der Waals surface area contributed by atoms with E-state index >= 15 is 0 Å². The maximum atomic E-state index is 12.5. The van der Waals surface area contributed by atoms with Crippen molar-refractivity contribution in [3.05, 3.63) is 65.7 Å². The highest BCUT2D eigenvalue weighted by Crippen LogP contribution is 2.27. The number of amides is 1. The number of nitrogens with one attached hydrogen (secondary N) is 1. The molecule has 3 aromatic carbocycles. The van der Waals surface area contributed by atoms with Gasteiger partial charge in [0.1, 0.15) is 11.5 Å². The molecule has 29 heavy (non-hydrogen) atoms. The van der Waals surface area contributed by atoms with Gasteiger partial charge in [0.05, 0.1) is 18.9 Å². The summed E-state index contributed by atoms with van der Waals surface area (Å²) in [6.07, 6.45) is 3.96. The molecule has 0 aliphatic carbocycles. The zero-order valence-corrected chi connectivity index (χ0v) is 16.3. The average molecular weight is 389 g/mol. The number of carbonyl (C=O) groups is 1. The fourth-order valence-corrected chi connectivity index (χ4v) is 3.61. The lowest BCUT2D eigenvalue weighted by Crippen LogP contribution is -2.18. The fraction of sp³-hybridized carbons (Fsp3) is 0.217. The van der Waals surface area contributed by atoms with E-state index in [2.05, 4.69) is 15.4 Å². The van der Waals surface area contributed by atoms with Gasteiger partial charge in [0, 0.05) is 30.4 Å². The Hall–Kier alpha value is -3.54. The second-order valence-corrected chi connectivity index (χ2v) is 7.04. The molecule has 2 N–H and O–H groups in total. The molecular weight excluding hydrogens is 366 g/mol. The van der Waals surface area contributed by atoms with Gasteiger partial charge in [0.15, 0.2) is 0 Å². The van der Waals surface area contributed by atoms with E-state index in [1.54, 1.807) is 25.5 Å². The highest BCUT2D eigenvalue weighted by Gasteiger charge is 2.14. The number of hydrogen-bond donors (Lipinski definition) is 2. The van der Waals surface area contributed by atoms with Gasteiger partial charge in [-0.2, -0.15) is 5.10 Å². The summed E-state index contributed by atoms with van der Waals surface area (Å²) in [5.74, 6) is 0.141. The molecule has 0 atom stereocenters. The van der Waals surface area contributed by atoms with Crippen molar-refractivity contribution in [1.29, 1.82) is 0 Å². The third-order valence-electron chi connectivity index (χ3n) is 5.17. The van der Waals surface area contributed by atoms with E-state index in [0.717, 1.165) is 35.1 Å². The van der Waals surface area contributed by atoms with Gasteiger partial charge >= 0.3 is 0 Å². The lowest BCUT2D eigenvalue weighted by Gasteiger charge is -2.18. The van der Waals surface area contributed by atoms with E-state index in [1.807, 2.05) is 42.5 Å². The lowest BCUT2D eigenvalue weighted by molar-refractivity contribution is 0.0952. The third kappa shape index (κ3) is 4.01. The van der Waals surface area contributed by atoms with Crippen molar-refractivity contribution in [3.8, 4) is 11.5 Å². The number of hydrogen-bond acceptors (Lipinski definition) is 5. The molecule has 3 aromatic rings. The molecule has 0 radical (unpaired) electrons. The standard InChI is InChI=1S/C23H23N3O3/c1-29-22-14-19(26-10-4-5-11-26)9-8-18(22)15-24-25-23(28)20-12-16-6-2-3-7-17(16)13-21(20)27/h2-3,6-9,12-15,27H,4-5,10-11H2,1H3,(H,25,28). The molecule has 6 nitrogen and oxygen atoms in total. The third-order valence-corrected chi connectivity index (χ3v) is 5.17. The Bertz CT molecular complexity index is 1070. The summed E-state index contributed by atoms with van der Waals surface area (Å²) >= 11 is 0. The fourth-order valence-electron chi connectivity index (χ4n) is 3.61. The number of aromatic hydroxyl groups is 1. The molecule has 4 rings (SSSR count). The number of phenolic OH excluding ortho intramolecular Hbond substituents is 1. The Labute approximate surface area is 169 Å². The van der Waals surface area contributed by atoms with E-state index in [-0.39, 0.29) is 11.3 Å². The highest BCUT2D eigenvalue weighted by atomic mass is 16.5. The van der Waals surface area contributed by atoms with Crippen molar-refractivity contribution in [2.24, 2.45) is 5.10 Å². The summed E-state index contributed by atoms with van der Waals surface area (Å²) in [4.78, 5) is 14.8. The summed E-state index contributed by atoms with van der Waals surface area (Å²) in [5, 5.41) is 16.0. The largest absolute Gasteiger partial charge is 0.507 e. The van der Waals surface area contributed by atoms with Gasteiger partial charge < -0.3 is 14.7 Å². The monoisotopic (exact) mass is 389 g/mol. The topological polar surface area (TPSA) is 74.2 Å². The molecular formula is C23H23N3O3. The highest BCUT2D eigenvalue weighted by molar-refractivity contribution is 6.01. The first-order valence-corrected chi connectivity index (χ1v) is 9.64. The molecule has 1 aliphatic heterocycles. The number of nitrogens with zero attached hydrogens (tertiary/aromatic N) is 2. The summed E-state index contributed by atoms with van der Waals surface area (Å²) in [7, 11) is 1.62. The minimum absolute atomic E-state index is 0.0797. The second kappa shape index (κ2) is 8.22. The molecule has 6 heteroatoms. The van der Waals surface area contributed by atoms with Gasteiger partial charge in [0.25, 0.3) is 5.91 Å². The molecule has 1 amide bonds. The summed E-state index contributed by atoms with van der Waals surface area (Å²) < 4.78 is 5.48. The van der Waals surface area contributed by atoms with Gasteiger partial charge in [0.2, 0.25) is 0 Å². The Kier molecular flexibility index (Phi) is 5.33. The predicted molar refractivity (Wildman–Crippen MR) is 115 cm³/mol. The van der Waals surface area contributed by atoms with Crippen molar-refractivity contribution in [3.63, 3.8) is 0 Å². The van der Waals surface area contributed by atoms with Crippen LogP contribution in [0.25, 0.3) is 10.8 Å². The number of carbonyl (C=O) groups excluding carboxylic acids is 1. The van der Waals surface area contributed by atoms with Crippen LogP contribution in [0, 0.1) is 0 Å². The number of methoxy groups -OCH3 is 1. The van der Waals surface area contributed by atoms with Crippen molar-refractivity contribution >= 4 is 28.6 Å². The molecule has 0 saturated carbocycles. The van der Waals surface area contributed by atoms with Crippen molar-refractivity contribution in [1.82, 2.24) is 5.43 Å². The predicted octanol–water partition coefficient (Wildman–Crippen LogP) is 3.92. The number of rotatable bonds is 5. The first-order valence-electron chi connectivity index (χ1n) is 9.64. The molecule has 1 heterocycles. The summed E-state index contributed by atoms with van der Waals surface area (Å²) in [6.45, 7) is 2.11. The van der Waals surface area contributed by atoms with Crippen LogP contribution >= 0.6 is 0 Å². The van der Waals surface area contributed by atoms with Gasteiger partial charge in [-0.05, 0) is 47.9 Å². The Morgan fingerprint density at radius 2 is 1.83 bits per heavy atom. The SMILES string of the molecule is COc1cc(N2CCCC2)ccc1C=NNC(=O)c1cc2ccccc2cc1O. The van der Waals surface area contributed by atoms with E-state index in [4.69, 9.17) is 4.74 Å². The van der Waals surface area contributed by atoms with Gasteiger partial charge in [-0.1, -0.05) is 24.3 Å². The van der Waals surface area contributed by atoms with Gasteiger partial charge in [-0.25, -0.2) is 5.43 Å². The number of benzene rings is 3. The summed E-state index contributed by atoms with van der Waals surface area (Å²) in [6, 6.07) is 16.7. The van der Waals surface area contributed by atoms with Crippen LogP contribution in [-0.2, 0) is 0 Å². The molecule has 0 bridgehead atoms. The van der Waals surface area contributed by atoms with Crippen LogP contribution in [0.15, 0.2) is 59.7 Å². The van der Waals surface area contributed by atoms with Crippen LogP contribution in [-0.4, -0.2) is 37.4 Å². The van der Waals surface area contributed by atoms with Crippen molar-refractivity contribution < 1.29 is 14.6 Å². The Balaban J connectivity index is 1.49. The van der Waals surface area contributed by atoms with Crippen molar-refractivity contribution in [2.45, 2.75) is 12.8 Å². The maximum Gasteiger partial charge on any atom is 0.275 e. The van der Waals surface area contributed by atoms with Crippen LogP contribution < -0.4 is 15.1 Å². The first kappa shape index (κ1) is 18.8. The first-order chi connectivity index (χ1) is 14.2. The number of phenols is 1. The normalized spacial score (nSPS) is 13.9. The molecule has 0 unspecified atom stereocenters. The van der Waals surface area contributed by atoms with Gasteiger partial charge in [-0.3, -0.25) is 4.79 Å². The van der Waals surface area contributed by atoms with Crippen LogP contribution in [0.2, 0.25) is 0 Å². The zero-order valence-electron chi connectivity index (χ0n) is 16.3. The zero-order chi connectivity index (χ0) is 20.2. The van der Waals surface area contributed by atoms with E-state index in [1.165, 1.54) is 12.8 Å². The molecule has 1 fully saturated rings. The molecule has 0 aromatic heterocycles. The lowest BCUT2D eigenvalue weighted by atomic mass is 10.1. The number of fused-ring (bicyclic) bond motifs is 1. The average Bonchev–Trinajstić information content (AvgIpc) is 3.28. The van der Waals surface area contributed by atoms with E-state index in [9.17, 15) is 9.90 Å². The molecule has 0 spiro atoms. The minimum atomic E-state index is -0.475. The number of hydrazone groups is 1. The van der Waals surface area contributed by atoms with Crippen LogP contribution in [0.5, 0.6) is 11.5 Å². The summed E-state index contributed by atoms with van der Waals surface area (Å²) in [5.41, 5.74) is 4.55. The van der Waals surface area contributed by atoms with Crippen molar-refractivity contribution in [2.75, 3.05) is 25.1 Å². The molecule has 1 aliphatic rings. The number of ether oxygens (including phenoxy) is 1. The minimum Gasteiger partial charge on any atom is -0.507 e. The molecule has 1 saturated heterocycles. The van der Waals surface area contributed by atoms with Crippen LogP contribution in [0.4, 0.5) is 5.69 Å². The van der Waals surface area contributed by atoms with Crippen LogP contribution in [0.3, 0.4) is 0 Å². The Morgan fingerprint density at radius 1 is 1.10 bits per heavy atom. The van der Waals surface area contributed by atoms with Gasteiger partial charge in [-0.15, -0.1) is 0 Å². The smallest absolute Gasteiger partial charge is 0.275 e. The number of anilines is 1. The van der Waals surface area contributed by atoms with E-state index in [0.29, 0.717) is 5.75 Å². The van der Waals surface area contributed by atoms with Crippen LogP contribution in [0.1, 0.15) is 28.8 Å². The molecule has 148 valence electrons. The second-order valence-electron chi connectivity index (χ2n) is 7.04. The van der Waals surface area contributed by atoms with E-state index < -0.39 is 5.91 Å². The quantitative estimate of drug-likeness (QED) is 0.512.